The van der Waals surface area contributed by atoms with E-state index in [1.165, 1.54) is 16.9 Å². The number of carbonyl (C=O) groups excluding carboxylic acids is 1. The van der Waals surface area contributed by atoms with Crippen molar-refractivity contribution < 1.29 is 4.79 Å². The molecule has 1 saturated heterocycles. The van der Waals surface area contributed by atoms with Crippen LogP contribution in [0, 0.1) is 5.41 Å². The van der Waals surface area contributed by atoms with Crippen molar-refractivity contribution in [3.8, 4) is 0 Å². The Labute approximate surface area is 131 Å². The summed E-state index contributed by atoms with van der Waals surface area (Å²) in [5.74, 6) is 0.247. The number of hydrogen-bond acceptors (Lipinski definition) is 3. The second kappa shape index (κ2) is 5.65. The van der Waals surface area contributed by atoms with Crippen LogP contribution in [-0.4, -0.2) is 29.6 Å². The number of nitrogens with one attached hydrogen (secondary N) is 1. The van der Waals surface area contributed by atoms with Crippen LogP contribution in [0.5, 0.6) is 0 Å². The van der Waals surface area contributed by atoms with Crippen molar-refractivity contribution in [2.24, 2.45) is 5.41 Å². The lowest BCUT2D eigenvalue weighted by atomic mass is 9.91. The standard InChI is InChI=1S/C17H24N2OS/c1-17(2)9-8-13(10-17)19-15(20)11-18-16(19)12-4-6-14(21-3)7-5-12/h4-7,13,16,18H,8-11H2,1-3H3. The maximum atomic E-state index is 12.3. The van der Waals surface area contributed by atoms with E-state index in [1.54, 1.807) is 11.8 Å². The van der Waals surface area contributed by atoms with Gasteiger partial charge in [0.25, 0.3) is 0 Å². The average molecular weight is 304 g/mol. The molecule has 2 unspecified atom stereocenters. The summed E-state index contributed by atoms with van der Waals surface area (Å²) in [6.07, 6.45) is 5.57. The molecule has 4 heteroatoms. The van der Waals surface area contributed by atoms with Crippen molar-refractivity contribution in [2.75, 3.05) is 12.8 Å². The molecule has 3 rings (SSSR count). The Bertz CT molecular complexity index is 526. The van der Waals surface area contributed by atoms with E-state index < -0.39 is 0 Å². The zero-order valence-corrected chi connectivity index (χ0v) is 13.9. The van der Waals surface area contributed by atoms with Crippen molar-refractivity contribution >= 4 is 17.7 Å². The van der Waals surface area contributed by atoms with Gasteiger partial charge in [0.05, 0.1) is 6.54 Å². The summed E-state index contributed by atoms with van der Waals surface area (Å²) in [6, 6.07) is 8.96. The maximum Gasteiger partial charge on any atom is 0.238 e. The quantitative estimate of drug-likeness (QED) is 0.869. The summed E-state index contributed by atoms with van der Waals surface area (Å²) in [5.41, 5.74) is 1.56. The molecule has 0 radical (unpaired) electrons. The SMILES string of the molecule is CSc1ccc(C2NCC(=O)N2C2CCC(C)(C)C2)cc1. The molecule has 1 aliphatic carbocycles. The number of rotatable bonds is 3. The summed E-state index contributed by atoms with van der Waals surface area (Å²) in [5, 5.41) is 3.38. The van der Waals surface area contributed by atoms with Gasteiger partial charge in [-0.2, -0.15) is 0 Å². The van der Waals surface area contributed by atoms with Crippen molar-refractivity contribution in [1.29, 1.82) is 0 Å². The molecule has 21 heavy (non-hydrogen) atoms. The van der Waals surface area contributed by atoms with Crippen LogP contribution in [-0.2, 0) is 4.79 Å². The van der Waals surface area contributed by atoms with Crippen LogP contribution in [0.1, 0.15) is 44.8 Å². The van der Waals surface area contributed by atoms with Gasteiger partial charge in [0.1, 0.15) is 6.17 Å². The minimum Gasteiger partial charge on any atom is -0.319 e. The Morgan fingerprint density at radius 1 is 1.29 bits per heavy atom. The smallest absolute Gasteiger partial charge is 0.238 e. The number of benzene rings is 1. The molecule has 0 spiro atoms. The van der Waals surface area contributed by atoms with E-state index in [2.05, 4.69) is 54.6 Å². The number of amides is 1. The molecule has 2 atom stereocenters. The molecule has 3 nitrogen and oxygen atoms in total. The molecule has 1 aromatic rings. The highest BCUT2D eigenvalue weighted by atomic mass is 32.2. The third-order valence-corrected chi connectivity index (χ3v) is 5.52. The van der Waals surface area contributed by atoms with Crippen molar-refractivity contribution in [1.82, 2.24) is 10.2 Å². The highest BCUT2D eigenvalue weighted by molar-refractivity contribution is 7.98. The summed E-state index contributed by atoms with van der Waals surface area (Å²) < 4.78 is 0. The minimum absolute atomic E-state index is 0.0484. The Kier molecular flexibility index (Phi) is 4.02. The van der Waals surface area contributed by atoms with Crippen LogP contribution >= 0.6 is 11.8 Å². The Balaban J connectivity index is 1.82. The van der Waals surface area contributed by atoms with Gasteiger partial charge in [0.15, 0.2) is 0 Å². The average Bonchev–Trinajstić information content (AvgIpc) is 3.01. The largest absolute Gasteiger partial charge is 0.319 e. The molecule has 0 aromatic heterocycles. The predicted molar refractivity (Wildman–Crippen MR) is 87.2 cm³/mol. The molecule has 1 aliphatic heterocycles. The second-order valence-corrected chi connectivity index (χ2v) is 7.80. The summed E-state index contributed by atoms with van der Waals surface area (Å²) in [4.78, 5) is 15.7. The van der Waals surface area contributed by atoms with E-state index >= 15 is 0 Å². The fourth-order valence-electron chi connectivity index (χ4n) is 3.63. The van der Waals surface area contributed by atoms with Crippen LogP contribution < -0.4 is 5.32 Å². The van der Waals surface area contributed by atoms with E-state index in [9.17, 15) is 4.79 Å². The van der Waals surface area contributed by atoms with Gasteiger partial charge >= 0.3 is 0 Å². The molecule has 1 N–H and O–H groups in total. The first-order valence-electron chi connectivity index (χ1n) is 7.69. The lowest BCUT2D eigenvalue weighted by Gasteiger charge is -2.31. The molecule has 1 heterocycles. The molecule has 2 fully saturated rings. The van der Waals surface area contributed by atoms with Gasteiger partial charge < -0.3 is 4.90 Å². The second-order valence-electron chi connectivity index (χ2n) is 6.92. The molecule has 1 saturated carbocycles. The Hall–Kier alpha value is -1.00. The van der Waals surface area contributed by atoms with Crippen LogP contribution in [0.15, 0.2) is 29.2 Å². The molecule has 0 bridgehead atoms. The van der Waals surface area contributed by atoms with E-state index in [0.717, 1.165) is 12.8 Å². The minimum atomic E-state index is 0.0484. The van der Waals surface area contributed by atoms with Crippen molar-refractivity contribution in [3.05, 3.63) is 29.8 Å². The molecule has 1 amide bonds. The Morgan fingerprint density at radius 3 is 2.57 bits per heavy atom. The predicted octanol–water partition coefficient (Wildman–Crippen LogP) is 3.42. The maximum absolute atomic E-state index is 12.3. The molecule has 1 aromatic carbocycles. The Morgan fingerprint density at radius 2 is 2.00 bits per heavy atom. The topological polar surface area (TPSA) is 32.3 Å². The number of carbonyl (C=O) groups is 1. The van der Waals surface area contributed by atoms with Crippen LogP contribution in [0.4, 0.5) is 0 Å². The van der Waals surface area contributed by atoms with Gasteiger partial charge in [-0.1, -0.05) is 26.0 Å². The highest BCUT2D eigenvalue weighted by Gasteiger charge is 2.42. The number of nitrogens with zero attached hydrogens (tertiary/aromatic N) is 1. The molecule has 2 aliphatic rings. The van der Waals surface area contributed by atoms with E-state index in [4.69, 9.17) is 0 Å². The third kappa shape index (κ3) is 2.97. The molecule has 114 valence electrons. The van der Waals surface area contributed by atoms with Crippen LogP contribution in [0.3, 0.4) is 0 Å². The van der Waals surface area contributed by atoms with Gasteiger partial charge in [-0.25, -0.2) is 0 Å². The lowest BCUT2D eigenvalue weighted by Crippen LogP contribution is -2.38. The monoisotopic (exact) mass is 304 g/mol. The van der Waals surface area contributed by atoms with E-state index in [1.807, 2.05) is 0 Å². The van der Waals surface area contributed by atoms with Gasteiger partial charge in [0, 0.05) is 10.9 Å². The molecular weight excluding hydrogens is 280 g/mol. The summed E-state index contributed by atoms with van der Waals surface area (Å²) in [7, 11) is 0. The van der Waals surface area contributed by atoms with Gasteiger partial charge in [-0.3, -0.25) is 10.1 Å². The van der Waals surface area contributed by atoms with Gasteiger partial charge in [-0.15, -0.1) is 11.8 Å². The summed E-state index contributed by atoms with van der Waals surface area (Å²) in [6.45, 7) is 5.08. The van der Waals surface area contributed by atoms with E-state index in [0.29, 0.717) is 18.0 Å². The number of thioether (sulfide) groups is 1. The van der Waals surface area contributed by atoms with Crippen molar-refractivity contribution in [3.63, 3.8) is 0 Å². The fraction of sp³-hybridized carbons (Fsp3) is 0.588. The normalized spacial score (nSPS) is 28.3. The highest BCUT2D eigenvalue weighted by Crippen LogP contribution is 2.42. The summed E-state index contributed by atoms with van der Waals surface area (Å²) >= 11 is 1.75. The van der Waals surface area contributed by atoms with Gasteiger partial charge in [-0.05, 0) is 48.6 Å². The third-order valence-electron chi connectivity index (χ3n) is 4.78. The van der Waals surface area contributed by atoms with Crippen LogP contribution in [0.2, 0.25) is 0 Å². The first-order chi connectivity index (χ1) is 10.00. The molecular formula is C17H24N2OS. The number of hydrogen-bond donors (Lipinski definition) is 1. The zero-order chi connectivity index (χ0) is 15.0. The first-order valence-corrected chi connectivity index (χ1v) is 8.91. The van der Waals surface area contributed by atoms with Gasteiger partial charge in [0.2, 0.25) is 5.91 Å². The van der Waals surface area contributed by atoms with Crippen LogP contribution in [0.25, 0.3) is 0 Å². The fourth-order valence-corrected chi connectivity index (χ4v) is 4.04. The first kappa shape index (κ1) is 14.9. The zero-order valence-electron chi connectivity index (χ0n) is 13.1. The lowest BCUT2D eigenvalue weighted by molar-refractivity contribution is -0.130. The van der Waals surface area contributed by atoms with E-state index in [-0.39, 0.29) is 12.1 Å². The van der Waals surface area contributed by atoms with Crippen molar-refractivity contribution in [2.45, 2.75) is 50.2 Å².